The number of fused-ring (bicyclic) bond motifs is 7. The van der Waals surface area contributed by atoms with E-state index in [-0.39, 0.29) is 20.1 Å². The topological polar surface area (TPSA) is 23.8 Å². The van der Waals surface area contributed by atoms with Crippen molar-refractivity contribution >= 4 is 55.2 Å². The van der Waals surface area contributed by atoms with Gasteiger partial charge in [-0.25, -0.2) is 0 Å². The number of unbranched alkanes of at least 4 members (excludes halogenated alkanes) is 1. The van der Waals surface area contributed by atoms with E-state index in [1.54, 1.807) is 6.20 Å². The Morgan fingerprint density at radius 2 is 1.40 bits per heavy atom. The fraction of sp³-hybridized carbons (Fsp3) is 0.100. The smallest absolute Gasteiger partial charge is 0.501 e. The SMILES string of the molecule is CCCCN1[CH-]N(c2[c-]ccc3c4cccc5c6ccccc6n(c23)c54)c2ccccc21.[Ir+3].[c-]1ccccc1-c1ccccn1. The maximum Gasteiger partial charge on any atom is 3.00 e. The number of pyridine rings is 1. The Morgan fingerprint density at radius 1 is 0.667 bits per heavy atom. The Morgan fingerprint density at radius 3 is 2.20 bits per heavy atom. The zero-order valence-electron chi connectivity index (χ0n) is 24.9. The first-order valence-corrected chi connectivity index (χ1v) is 15.3. The van der Waals surface area contributed by atoms with Gasteiger partial charge in [-0.15, -0.1) is 41.3 Å². The zero-order valence-corrected chi connectivity index (χ0v) is 27.3. The summed E-state index contributed by atoms with van der Waals surface area (Å²) >= 11 is 0. The Balaban J connectivity index is 0.000000211. The van der Waals surface area contributed by atoms with Crippen LogP contribution in [0.2, 0.25) is 0 Å². The minimum absolute atomic E-state index is 0. The molecule has 0 unspecified atom stereocenters. The molecule has 1 aliphatic heterocycles. The Bertz CT molecular complexity index is 2170. The van der Waals surface area contributed by atoms with Crippen LogP contribution < -0.4 is 9.80 Å². The molecule has 0 radical (unpaired) electrons. The van der Waals surface area contributed by atoms with Gasteiger partial charge in [0, 0.05) is 39.4 Å². The number of nitrogens with zero attached hydrogens (tertiary/aromatic N) is 4. The number of hydrogen-bond donors (Lipinski definition) is 0. The van der Waals surface area contributed by atoms with Crippen molar-refractivity contribution in [3.05, 3.63) is 146 Å². The molecule has 0 atom stereocenters. The summed E-state index contributed by atoms with van der Waals surface area (Å²) in [7, 11) is 0. The van der Waals surface area contributed by atoms with Crippen LogP contribution in [-0.4, -0.2) is 15.9 Å². The van der Waals surface area contributed by atoms with Gasteiger partial charge in [0.25, 0.3) is 0 Å². The molecule has 4 nitrogen and oxygen atoms in total. The molecule has 0 saturated carbocycles. The molecule has 0 spiro atoms. The van der Waals surface area contributed by atoms with E-state index in [0.717, 1.165) is 23.5 Å². The third-order valence-corrected chi connectivity index (χ3v) is 8.51. The molecule has 8 aromatic rings. The summed E-state index contributed by atoms with van der Waals surface area (Å²) in [6.07, 6.45) is 4.14. The van der Waals surface area contributed by atoms with E-state index in [1.807, 2.05) is 42.5 Å². The average Bonchev–Trinajstić information content (AvgIpc) is 3.76. The number of hydrogen-bond acceptors (Lipinski definition) is 3. The van der Waals surface area contributed by atoms with E-state index in [2.05, 4.69) is 124 Å². The first-order valence-electron chi connectivity index (χ1n) is 15.3. The van der Waals surface area contributed by atoms with E-state index >= 15 is 0 Å². The van der Waals surface area contributed by atoms with Gasteiger partial charge in [-0.2, -0.15) is 24.9 Å². The maximum atomic E-state index is 4.22. The summed E-state index contributed by atoms with van der Waals surface area (Å²) in [5.74, 6) is 0. The van der Waals surface area contributed by atoms with Crippen LogP contribution in [0.1, 0.15) is 19.8 Å². The van der Waals surface area contributed by atoms with Crippen molar-refractivity contribution < 1.29 is 20.1 Å². The van der Waals surface area contributed by atoms with Crippen molar-refractivity contribution in [3.8, 4) is 11.3 Å². The minimum Gasteiger partial charge on any atom is -0.501 e. The molecule has 3 aromatic heterocycles. The third kappa shape index (κ3) is 4.93. The van der Waals surface area contributed by atoms with Gasteiger partial charge >= 0.3 is 20.1 Å². The first kappa shape index (κ1) is 29.0. The van der Waals surface area contributed by atoms with Crippen molar-refractivity contribution in [3.63, 3.8) is 0 Å². The van der Waals surface area contributed by atoms with Crippen molar-refractivity contribution in [1.29, 1.82) is 0 Å². The number of aromatic nitrogens is 2. The maximum absolute atomic E-state index is 4.22. The first-order chi connectivity index (χ1) is 21.8. The minimum atomic E-state index is 0. The molecule has 0 bridgehead atoms. The van der Waals surface area contributed by atoms with E-state index in [0.29, 0.717) is 0 Å². The molecule has 0 saturated heterocycles. The second-order valence-electron chi connectivity index (χ2n) is 11.2. The summed E-state index contributed by atoms with van der Waals surface area (Å²) in [5, 5.41) is 5.21. The summed E-state index contributed by atoms with van der Waals surface area (Å²) in [5.41, 5.74) is 9.39. The van der Waals surface area contributed by atoms with Crippen LogP contribution in [0.15, 0.2) is 128 Å². The van der Waals surface area contributed by atoms with Gasteiger partial charge in [0.2, 0.25) is 0 Å². The van der Waals surface area contributed by atoms with E-state index in [9.17, 15) is 0 Å². The van der Waals surface area contributed by atoms with Gasteiger partial charge in [-0.1, -0.05) is 79.7 Å². The van der Waals surface area contributed by atoms with Crippen LogP contribution in [0.25, 0.3) is 49.4 Å². The van der Waals surface area contributed by atoms with E-state index in [1.165, 1.54) is 62.3 Å². The van der Waals surface area contributed by atoms with Crippen LogP contribution in [0.5, 0.6) is 0 Å². The summed E-state index contributed by atoms with van der Waals surface area (Å²) in [6.45, 7) is 5.53. The second-order valence-corrected chi connectivity index (χ2v) is 11.2. The molecule has 5 heteroatoms. The number of anilines is 3. The van der Waals surface area contributed by atoms with Crippen LogP contribution in [0, 0.1) is 18.8 Å². The normalized spacial score (nSPS) is 12.5. The van der Waals surface area contributed by atoms with Gasteiger partial charge in [0.05, 0.1) is 0 Å². The van der Waals surface area contributed by atoms with Gasteiger partial charge in [-0.05, 0) is 53.8 Å². The van der Waals surface area contributed by atoms with Crippen molar-refractivity contribution in [2.24, 2.45) is 0 Å². The van der Waals surface area contributed by atoms with Gasteiger partial charge in [0.15, 0.2) is 0 Å². The largest absolute Gasteiger partial charge is 3.00 e. The summed E-state index contributed by atoms with van der Waals surface area (Å²) in [6, 6.07) is 48.8. The molecule has 4 heterocycles. The standard InChI is InChI=1S/C29H23N3.C11H8N.Ir/c1-2-3-18-30-19-31(26-16-7-6-15-25(26)30)27-17-9-13-23-22-12-8-11-21-20-10-4-5-14-24(20)32(28(21)22)29(23)27;1-2-6-10(7-3-1)11-8-4-5-9-12-11;/h4-16,19H,2-3,18H2,1H3;1-6,8-9H;/q-2;-1;+3. The van der Waals surface area contributed by atoms with Gasteiger partial charge in [0.1, 0.15) is 0 Å². The molecule has 0 amide bonds. The molecule has 1 aliphatic rings. The Kier molecular flexibility index (Phi) is 7.97. The van der Waals surface area contributed by atoms with Crippen molar-refractivity contribution in [1.82, 2.24) is 9.38 Å². The Hall–Kier alpha value is -4.70. The van der Waals surface area contributed by atoms with Crippen LogP contribution >= 0.6 is 0 Å². The van der Waals surface area contributed by atoms with E-state index in [4.69, 9.17) is 0 Å². The summed E-state index contributed by atoms with van der Waals surface area (Å²) < 4.78 is 2.45. The fourth-order valence-corrected chi connectivity index (χ4v) is 6.51. The molecule has 45 heavy (non-hydrogen) atoms. The molecule has 0 fully saturated rings. The van der Waals surface area contributed by atoms with Crippen molar-refractivity contribution in [2.75, 3.05) is 16.3 Å². The quantitative estimate of drug-likeness (QED) is 0.163. The van der Waals surface area contributed by atoms with Gasteiger partial charge in [-0.3, -0.25) is 0 Å². The molecular formula is C40H31IrN4. The van der Waals surface area contributed by atoms with Gasteiger partial charge < -0.3 is 19.2 Å². The molecular weight excluding hydrogens is 729 g/mol. The molecule has 5 aromatic carbocycles. The Labute approximate surface area is 277 Å². The third-order valence-electron chi connectivity index (χ3n) is 8.51. The van der Waals surface area contributed by atoms with Crippen LogP contribution in [-0.2, 0) is 20.1 Å². The molecule has 0 N–H and O–H groups in total. The predicted octanol–water partition coefficient (Wildman–Crippen LogP) is 10.1. The molecule has 0 aliphatic carbocycles. The van der Waals surface area contributed by atoms with Crippen LogP contribution in [0.4, 0.5) is 17.1 Å². The average molecular weight is 760 g/mol. The van der Waals surface area contributed by atoms with E-state index < -0.39 is 0 Å². The zero-order chi connectivity index (χ0) is 29.5. The molecule has 9 rings (SSSR count). The monoisotopic (exact) mass is 760 g/mol. The predicted molar refractivity (Wildman–Crippen MR) is 184 cm³/mol. The van der Waals surface area contributed by atoms with Crippen LogP contribution in [0.3, 0.4) is 0 Å². The molecule has 220 valence electrons. The fourth-order valence-electron chi connectivity index (χ4n) is 6.51. The number of benzene rings is 5. The number of para-hydroxylation sites is 4. The van der Waals surface area contributed by atoms with Crippen molar-refractivity contribution in [2.45, 2.75) is 19.8 Å². The summed E-state index contributed by atoms with van der Waals surface area (Å²) in [4.78, 5) is 8.93. The number of rotatable bonds is 5. The second kappa shape index (κ2) is 12.4.